The molecule has 0 saturated heterocycles. The van der Waals surface area contributed by atoms with Gasteiger partial charge in [-0.1, -0.05) is 34.2 Å². The van der Waals surface area contributed by atoms with Crippen molar-refractivity contribution in [2.75, 3.05) is 0 Å². The lowest BCUT2D eigenvalue weighted by Gasteiger charge is -1.92. The zero-order chi connectivity index (χ0) is 11.7. The van der Waals surface area contributed by atoms with Gasteiger partial charge in [-0.05, 0) is 19.1 Å². The van der Waals surface area contributed by atoms with Crippen molar-refractivity contribution in [2.45, 2.75) is 17.8 Å². The molecule has 0 bridgehead atoms. The summed E-state index contributed by atoms with van der Waals surface area (Å²) in [6, 6.07) is 7.96. The molecule has 0 aliphatic carbocycles. The van der Waals surface area contributed by atoms with Crippen molar-refractivity contribution >= 4 is 22.8 Å². The van der Waals surface area contributed by atoms with Gasteiger partial charge >= 0.3 is 0 Å². The van der Waals surface area contributed by atoms with Crippen LogP contribution in [0.3, 0.4) is 0 Å². The highest BCUT2D eigenvalue weighted by atomic mass is 32.2. The van der Waals surface area contributed by atoms with Gasteiger partial charge in [-0.2, -0.15) is 0 Å². The standard InChI is InChI=1S/C11H10N4OS/c1-7-10(15-16-14-7)6-17-11-12-8-4-2-3-5-9(8)13-11/h2-5H,6H2,1H3,(H,12,13). The summed E-state index contributed by atoms with van der Waals surface area (Å²) >= 11 is 1.59. The molecule has 0 amide bonds. The molecular formula is C11H10N4OS. The molecule has 0 unspecified atom stereocenters. The minimum absolute atomic E-state index is 0.704. The molecule has 3 aromatic rings. The van der Waals surface area contributed by atoms with E-state index in [1.165, 1.54) is 0 Å². The van der Waals surface area contributed by atoms with Crippen LogP contribution in [0.4, 0.5) is 0 Å². The topological polar surface area (TPSA) is 67.6 Å². The van der Waals surface area contributed by atoms with Crippen molar-refractivity contribution < 1.29 is 4.63 Å². The van der Waals surface area contributed by atoms with Crippen LogP contribution < -0.4 is 0 Å². The van der Waals surface area contributed by atoms with E-state index < -0.39 is 0 Å². The predicted octanol–water partition coefficient (Wildman–Crippen LogP) is 2.55. The van der Waals surface area contributed by atoms with Crippen molar-refractivity contribution in [1.82, 2.24) is 20.3 Å². The smallest absolute Gasteiger partial charge is 0.166 e. The third-order valence-corrected chi connectivity index (χ3v) is 3.34. The van der Waals surface area contributed by atoms with Crippen molar-refractivity contribution in [2.24, 2.45) is 0 Å². The average Bonchev–Trinajstić information content (AvgIpc) is 2.92. The number of fused-ring (bicyclic) bond motifs is 1. The second kappa shape index (κ2) is 4.21. The monoisotopic (exact) mass is 246 g/mol. The fourth-order valence-corrected chi connectivity index (χ4v) is 2.39. The van der Waals surface area contributed by atoms with Gasteiger partial charge in [-0.25, -0.2) is 9.61 Å². The van der Waals surface area contributed by atoms with Gasteiger partial charge in [0.2, 0.25) is 0 Å². The molecule has 0 atom stereocenters. The van der Waals surface area contributed by atoms with Gasteiger partial charge in [-0.3, -0.25) is 0 Å². The quantitative estimate of drug-likeness (QED) is 0.719. The van der Waals surface area contributed by atoms with Crippen molar-refractivity contribution in [3.63, 3.8) is 0 Å². The van der Waals surface area contributed by atoms with Crippen LogP contribution in [0.5, 0.6) is 0 Å². The number of hydrogen-bond acceptors (Lipinski definition) is 5. The van der Waals surface area contributed by atoms with Crippen LogP contribution in [0.2, 0.25) is 0 Å². The Hall–Kier alpha value is -1.82. The summed E-state index contributed by atoms with van der Waals surface area (Å²) in [6.45, 7) is 1.88. The van der Waals surface area contributed by atoms with E-state index in [-0.39, 0.29) is 0 Å². The molecule has 2 aromatic heterocycles. The van der Waals surface area contributed by atoms with Crippen molar-refractivity contribution in [3.05, 3.63) is 35.7 Å². The number of thioether (sulfide) groups is 1. The number of nitrogens with zero attached hydrogens (tertiary/aromatic N) is 3. The van der Waals surface area contributed by atoms with Gasteiger partial charge in [0.15, 0.2) is 5.16 Å². The summed E-state index contributed by atoms with van der Waals surface area (Å²) in [5.41, 5.74) is 3.71. The Kier molecular flexibility index (Phi) is 2.56. The minimum atomic E-state index is 0.704. The number of H-pyrrole nitrogens is 1. The maximum absolute atomic E-state index is 4.65. The summed E-state index contributed by atoms with van der Waals surface area (Å²) in [5.74, 6) is 0.704. The second-order valence-electron chi connectivity index (χ2n) is 3.64. The molecule has 3 rings (SSSR count). The van der Waals surface area contributed by atoms with Gasteiger partial charge in [0.25, 0.3) is 0 Å². The molecule has 17 heavy (non-hydrogen) atoms. The van der Waals surface area contributed by atoms with Crippen molar-refractivity contribution in [1.29, 1.82) is 0 Å². The number of benzene rings is 1. The SMILES string of the molecule is Cc1nonc1CSc1nc2ccccc2[nH]1. The molecule has 0 aliphatic rings. The molecule has 86 valence electrons. The molecule has 0 radical (unpaired) electrons. The summed E-state index contributed by atoms with van der Waals surface area (Å²) in [6.07, 6.45) is 0. The molecule has 0 saturated carbocycles. The van der Waals surface area contributed by atoms with Gasteiger partial charge in [0.05, 0.1) is 11.0 Å². The normalized spacial score (nSPS) is 11.1. The van der Waals surface area contributed by atoms with E-state index in [1.54, 1.807) is 11.8 Å². The van der Waals surface area contributed by atoms with Crippen LogP contribution >= 0.6 is 11.8 Å². The van der Waals surface area contributed by atoms with Crippen LogP contribution in [0.15, 0.2) is 34.1 Å². The fourth-order valence-electron chi connectivity index (χ4n) is 1.51. The van der Waals surface area contributed by atoms with Crippen LogP contribution in [-0.2, 0) is 5.75 Å². The molecular weight excluding hydrogens is 236 g/mol. The zero-order valence-corrected chi connectivity index (χ0v) is 9.99. The first-order chi connectivity index (χ1) is 8.33. The van der Waals surface area contributed by atoms with Gasteiger partial charge in [-0.15, -0.1) is 0 Å². The van der Waals surface area contributed by atoms with E-state index in [9.17, 15) is 0 Å². The summed E-state index contributed by atoms with van der Waals surface area (Å²) in [7, 11) is 0. The lowest BCUT2D eigenvalue weighted by atomic mass is 10.3. The number of aryl methyl sites for hydroxylation is 1. The largest absolute Gasteiger partial charge is 0.333 e. The number of para-hydroxylation sites is 2. The molecule has 1 aromatic carbocycles. The Morgan fingerprint density at radius 1 is 1.29 bits per heavy atom. The van der Waals surface area contributed by atoms with Crippen molar-refractivity contribution in [3.8, 4) is 0 Å². The molecule has 1 N–H and O–H groups in total. The number of rotatable bonds is 3. The summed E-state index contributed by atoms with van der Waals surface area (Å²) in [4.78, 5) is 7.72. The maximum Gasteiger partial charge on any atom is 0.166 e. The highest BCUT2D eigenvalue weighted by Gasteiger charge is 2.08. The Labute approximate surface area is 102 Å². The highest BCUT2D eigenvalue weighted by Crippen LogP contribution is 2.22. The van der Waals surface area contributed by atoms with E-state index in [0.717, 1.165) is 27.6 Å². The Morgan fingerprint density at radius 2 is 2.18 bits per heavy atom. The molecule has 5 nitrogen and oxygen atoms in total. The molecule has 0 fully saturated rings. The van der Waals surface area contributed by atoms with Crippen LogP contribution in [0, 0.1) is 6.92 Å². The third-order valence-electron chi connectivity index (χ3n) is 2.46. The lowest BCUT2D eigenvalue weighted by molar-refractivity contribution is 0.302. The van der Waals surface area contributed by atoms with Crippen LogP contribution in [-0.4, -0.2) is 20.3 Å². The summed E-state index contributed by atoms with van der Waals surface area (Å²) in [5, 5.41) is 8.46. The molecule has 2 heterocycles. The number of hydrogen-bond donors (Lipinski definition) is 1. The number of aromatic amines is 1. The first kappa shape index (κ1) is 10.3. The highest BCUT2D eigenvalue weighted by molar-refractivity contribution is 7.98. The van der Waals surface area contributed by atoms with E-state index in [4.69, 9.17) is 0 Å². The Morgan fingerprint density at radius 3 is 2.94 bits per heavy atom. The van der Waals surface area contributed by atoms with Gasteiger partial charge in [0, 0.05) is 5.75 Å². The molecule has 0 aliphatic heterocycles. The van der Waals surface area contributed by atoms with Crippen LogP contribution in [0.1, 0.15) is 11.4 Å². The Bertz CT molecular complexity index is 613. The van der Waals surface area contributed by atoms with Crippen LogP contribution in [0.25, 0.3) is 11.0 Å². The third kappa shape index (κ3) is 2.03. The molecule has 6 heteroatoms. The fraction of sp³-hybridized carbons (Fsp3) is 0.182. The first-order valence-corrected chi connectivity index (χ1v) is 6.17. The second-order valence-corrected chi connectivity index (χ2v) is 4.61. The zero-order valence-electron chi connectivity index (χ0n) is 9.17. The minimum Gasteiger partial charge on any atom is -0.333 e. The lowest BCUT2D eigenvalue weighted by Crippen LogP contribution is -1.85. The van der Waals surface area contributed by atoms with E-state index in [1.807, 2.05) is 31.2 Å². The average molecular weight is 246 g/mol. The van der Waals surface area contributed by atoms with E-state index >= 15 is 0 Å². The van der Waals surface area contributed by atoms with Gasteiger partial charge in [0.1, 0.15) is 11.4 Å². The van der Waals surface area contributed by atoms with Gasteiger partial charge < -0.3 is 4.98 Å². The van der Waals surface area contributed by atoms with E-state index in [2.05, 4.69) is 24.9 Å². The first-order valence-electron chi connectivity index (χ1n) is 5.18. The molecule has 0 spiro atoms. The predicted molar refractivity (Wildman–Crippen MR) is 64.7 cm³/mol. The number of imidazole rings is 1. The summed E-state index contributed by atoms with van der Waals surface area (Å²) < 4.78 is 4.65. The number of nitrogens with one attached hydrogen (secondary N) is 1. The maximum atomic E-state index is 4.65. The van der Waals surface area contributed by atoms with E-state index in [0.29, 0.717) is 5.75 Å². The number of aromatic nitrogens is 4. The Balaban J connectivity index is 1.79.